The third-order valence-electron chi connectivity index (χ3n) is 2.37. The molecule has 2 rings (SSSR count). The van der Waals surface area contributed by atoms with E-state index in [1.807, 2.05) is 5.10 Å². The van der Waals surface area contributed by atoms with Gasteiger partial charge in [0.15, 0.2) is 10.8 Å². The highest BCUT2D eigenvalue weighted by Gasteiger charge is 2.23. The zero-order chi connectivity index (χ0) is 14.8. The normalized spacial score (nSPS) is 12.7. The lowest BCUT2D eigenvalue weighted by molar-refractivity contribution is 0.558. The second-order valence-corrected chi connectivity index (χ2v) is 5.88. The molecule has 0 aliphatic rings. The molecule has 0 saturated heterocycles. The molecular weight excluding hydrogens is 293 g/mol. The van der Waals surface area contributed by atoms with Crippen LogP contribution in [0.3, 0.4) is 0 Å². The van der Waals surface area contributed by atoms with Crippen LogP contribution in [0.2, 0.25) is 0 Å². The summed E-state index contributed by atoms with van der Waals surface area (Å²) in [6.07, 6.45) is 1.55. The van der Waals surface area contributed by atoms with Crippen molar-refractivity contribution in [3.8, 4) is 0 Å². The summed E-state index contributed by atoms with van der Waals surface area (Å²) in [5.74, 6) is -3.73. The molecular formula is C12H9F3N2O2S. The van der Waals surface area contributed by atoms with Crippen LogP contribution in [-0.2, 0) is 9.84 Å². The van der Waals surface area contributed by atoms with Crippen LogP contribution in [0.4, 0.5) is 13.2 Å². The summed E-state index contributed by atoms with van der Waals surface area (Å²) >= 11 is 0. The number of rotatable bonds is 4. The van der Waals surface area contributed by atoms with Crippen LogP contribution >= 0.6 is 0 Å². The molecule has 0 spiro atoms. The van der Waals surface area contributed by atoms with Gasteiger partial charge in [-0.25, -0.2) is 21.6 Å². The van der Waals surface area contributed by atoms with E-state index in [4.69, 9.17) is 0 Å². The maximum atomic E-state index is 13.6. The predicted molar refractivity (Wildman–Crippen MR) is 66.1 cm³/mol. The molecule has 8 heteroatoms. The number of nitrogens with zero attached hydrogens (tertiary/aromatic N) is 1. The van der Waals surface area contributed by atoms with Crippen LogP contribution in [0, 0.1) is 11.6 Å². The van der Waals surface area contributed by atoms with E-state index in [2.05, 4.69) is 5.10 Å². The third-order valence-corrected chi connectivity index (χ3v) is 3.94. The highest BCUT2D eigenvalue weighted by atomic mass is 32.2. The lowest BCUT2D eigenvalue weighted by Crippen LogP contribution is -2.09. The second-order valence-electron chi connectivity index (χ2n) is 3.95. The lowest BCUT2D eigenvalue weighted by Gasteiger charge is -2.00. The van der Waals surface area contributed by atoms with Gasteiger partial charge in [0.05, 0.1) is 6.20 Å². The number of halogens is 3. The van der Waals surface area contributed by atoms with Crippen molar-refractivity contribution in [1.29, 1.82) is 0 Å². The minimum atomic E-state index is -4.21. The smallest absolute Gasteiger partial charge is 0.204 e. The number of hydrogen-bond acceptors (Lipinski definition) is 3. The van der Waals surface area contributed by atoms with Crippen molar-refractivity contribution < 1.29 is 21.6 Å². The van der Waals surface area contributed by atoms with Gasteiger partial charge in [-0.3, -0.25) is 5.10 Å². The predicted octanol–water partition coefficient (Wildman–Crippen LogP) is 2.47. The van der Waals surface area contributed by atoms with Crippen molar-refractivity contribution in [3.63, 3.8) is 0 Å². The molecule has 0 aliphatic heterocycles. The van der Waals surface area contributed by atoms with Crippen LogP contribution in [0.15, 0.2) is 41.3 Å². The number of benzene rings is 1. The summed E-state index contributed by atoms with van der Waals surface area (Å²) in [5, 5.41) is 4.40. The Labute approximate surface area is 112 Å². The first-order valence-electron chi connectivity index (χ1n) is 5.42. The summed E-state index contributed by atoms with van der Waals surface area (Å²) in [4.78, 5) is 0. The molecule has 0 radical (unpaired) electrons. The highest BCUT2D eigenvalue weighted by Crippen LogP contribution is 2.17. The summed E-state index contributed by atoms with van der Waals surface area (Å²) in [5.41, 5.74) is 0.169. The van der Waals surface area contributed by atoms with E-state index in [-0.39, 0.29) is 5.56 Å². The summed E-state index contributed by atoms with van der Waals surface area (Å²) < 4.78 is 63.1. The summed E-state index contributed by atoms with van der Waals surface area (Å²) in [6, 6.07) is 4.98. The number of sulfone groups is 1. The first kappa shape index (κ1) is 14.3. The van der Waals surface area contributed by atoms with Crippen molar-refractivity contribution in [2.24, 2.45) is 0 Å². The van der Waals surface area contributed by atoms with E-state index in [1.165, 1.54) is 18.2 Å². The Hall–Kier alpha value is -2.09. The molecule has 4 nitrogen and oxygen atoms in total. The molecule has 2 aromatic rings. The Balaban J connectivity index is 2.24. The molecule has 0 amide bonds. The van der Waals surface area contributed by atoms with Gasteiger partial charge in [0.25, 0.3) is 0 Å². The molecule has 0 fully saturated rings. The largest absolute Gasteiger partial charge is 0.265 e. The Morgan fingerprint density at radius 1 is 1.35 bits per heavy atom. The van der Waals surface area contributed by atoms with Crippen molar-refractivity contribution >= 4 is 15.9 Å². The van der Waals surface area contributed by atoms with Gasteiger partial charge in [-0.05, 0) is 23.8 Å². The standard InChI is InChI=1S/C12H9F3N2O2S/c13-9-3-1-2-8(4-9)5-10(14)7-20(18,19)12-11(15)6-16-17-12/h1-6H,7H2,(H,16,17). The fraction of sp³-hybridized carbons (Fsp3) is 0.0833. The topological polar surface area (TPSA) is 62.8 Å². The van der Waals surface area contributed by atoms with Crippen molar-refractivity contribution in [2.45, 2.75) is 5.03 Å². The van der Waals surface area contributed by atoms with Gasteiger partial charge in [0.1, 0.15) is 17.4 Å². The first-order chi connectivity index (χ1) is 9.38. The van der Waals surface area contributed by atoms with Gasteiger partial charge in [0, 0.05) is 0 Å². The average Bonchev–Trinajstić information content (AvgIpc) is 2.75. The quantitative estimate of drug-likeness (QED) is 0.943. The van der Waals surface area contributed by atoms with E-state index in [9.17, 15) is 21.6 Å². The van der Waals surface area contributed by atoms with E-state index in [0.29, 0.717) is 6.20 Å². The van der Waals surface area contributed by atoms with Gasteiger partial charge in [-0.15, -0.1) is 0 Å². The number of aromatic nitrogens is 2. The zero-order valence-electron chi connectivity index (χ0n) is 9.98. The third kappa shape index (κ3) is 3.27. The highest BCUT2D eigenvalue weighted by molar-refractivity contribution is 7.91. The fourth-order valence-corrected chi connectivity index (χ4v) is 2.68. The van der Waals surface area contributed by atoms with E-state index in [0.717, 1.165) is 12.1 Å². The molecule has 0 unspecified atom stereocenters. The zero-order valence-corrected chi connectivity index (χ0v) is 10.8. The Kier molecular flexibility index (Phi) is 3.93. The van der Waals surface area contributed by atoms with E-state index < -0.39 is 38.1 Å². The monoisotopic (exact) mass is 302 g/mol. The van der Waals surface area contributed by atoms with Crippen molar-refractivity contribution in [3.05, 3.63) is 53.5 Å². The van der Waals surface area contributed by atoms with Crippen LogP contribution < -0.4 is 0 Å². The first-order valence-corrected chi connectivity index (χ1v) is 7.07. The van der Waals surface area contributed by atoms with Gasteiger partial charge >= 0.3 is 0 Å². The number of H-pyrrole nitrogens is 1. The maximum Gasteiger partial charge on any atom is 0.204 e. The number of hydrogen-bond donors (Lipinski definition) is 1. The van der Waals surface area contributed by atoms with Gasteiger partial charge in [-0.1, -0.05) is 12.1 Å². The van der Waals surface area contributed by atoms with Crippen molar-refractivity contribution in [1.82, 2.24) is 10.2 Å². The average molecular weight is 302 g/mol. The molecule has 1 aromatic carbocycles. The lowest BCUT2D eigenvalue weighted by atomic mass is 10.2. The molecule has 0 bridgehead atoms. The molecule has 20 heavy (non-hydrogen) atoms. The molecule has 0 aliphatic carbocycles. The summed E-state index contributed by atoms with van der Waals surface area (Å²) in [7, 11) is -4.21. The van der Waals surface area contributed by atoms with Crippen LogP contribution in [0.5, 0.6) is 0 Å². The Morgan fingerprint density at radius 3 is 2.70 bits per heavy atom. The molecule has 106 valence electrons. The van der Waals surface area contributed by atoms with Crippen molar-refractivity contribution in [2.75, 3.05) is 5.75 Å². The van der Waals surface area contributed by atoms with Gasteiger partial charge in [0.2, 0.25) is 9.84 Å². The minimum Gasteiger partial charge on any atom is -0.265 e. The van der Waals surface area contributed by atoms with Gasteiger partial charge < -0.3 is 0 Å². The minimum absolute atomic E-state index is 0.169. The van der Waals surface area contributed by atoms with Crippen LogP contribution in [0.25, 0.3) is 6.08 Å². The van der Waals surface area contributed by atoms with E-state index >= 15 is 0 Å². The summed E-state index contributed by atoms with van der Waals surface area (Å²) in [6.45, 7) is 0. The molecule has 0 atom stereocenters. The maximum absolute atomic E-state index is 13.6. The second kappa shape index (κ2) is 5.49. The SMILES string of the molecule is O=S(=O)(CC(F)=Cc1cccc(F)c1)c1[nH]ncc1F. The number of aromatic amines is 1. The van der Waals surface area contributed by atoms with E-state index in [1.54, 1.807) is 0 Å². The number of nitrogens with one attached hydrogen (secondary N) is 1. The van der Waals surface area contributed by atoms with Crippen LogP contribution in [0.1, 0.15) is 5.56 Å². The van der Waals surface area contributed by atoms with Gasteiger partial charge in [-0.2, -0.15) is 5.10 Å². The molecule has 1 heterocycles. The fourth-order valence-electron chi connectivity index (χ4n) is 1.55. The Morgan fingerprint density at radius 2 is 2.10 bits per heavy atom. The molecule has 1 N–H and O–H groups in total. The van der Waals surface area contributed by atoms with Crippen LogP contribution in [-0.4, -0.2) is 24.4 Å². The molecule has 0 saturated carbocycles. The Bertz CT molecular complexity index is 754. The molecule has 1 aromatic heterocycles.